The summed E-state index contributed by atoms with van der Waals surface area (Å²) in [5, 5.41) is 3.66. The van der Waals surface area contributed by atoms with Crippen LogP contribution in [-0.2, 0) is 9.53 Å². The molecule has 0 aromatic heterocycles. The Hall–Kier alpha value is -1.22. The first-order valence-corrected chi connectivity index (χ1v) is 5.87. The molecule has 3 nitrogen and oxygen atoms in total. The van der Waals surface area contributed by atoms with Crippen LogP contribution in [0.4, 0.5) is 5.69 Å². The fraction of sp³-hybridized carbons (Fsp3) is 0.462. The third-order valence-electron chi connectivity index (χ3n) is 2.04. The Morgan fingerprint density at radius 3 is 2.65 bits per heavy atom. The van der Waals surface area contributed by atoms with Crippen LogP contribution in [0.3, 0.4) is 0 Å². The third-order valence-corrected chi connectivity index (χ3v) is 2.28. The Labute approximate surface area is 107 Å². The Balaban J connectivity index is 2.56. The van der Waals surface area contributed by atoms with Crippen molar-refractivity contribution in [1.29, 1.82) is 0 Å². The molecule has 1 N–H and O–H groups in total. The molecule has 0 fully saturated rings. The molecular formula is C13H18ClNO2. The van der Waals surface area contributed by atoms with Crippen molar-refractivity contribution in [3.8, 4) is 0 Å². The predicted octanol–water partition coefficient (Wildman–Crippen LogP) is 3.40. The van der Waals surface area contributed by atoms with Gasteiger partial charge in [-0.2, -0.15) is 0 Å². The van der Waals surface area contributed by atoms with E-state index in [4.69, 9.17) is 16.3 Å². The Kier molecular flexibility index (Phi) is 4.40. The van der Waals surface area contributed by atoms with Crippen LogP contribution in [-0.4, -0.2) is 18.1 Å². The van der Waals surface area contributed by atoms with Crippen LogP contribution in [0.25, 0.3) is 0 Å². The van der Waals surface area contributed by atoms with Crippen LogP contribution in [0.2, 0.25) is 5.02 Å². The number of benzene rings is 1. The van der Waals surface area contributed by atoms with Crippen molar-refractivity contribution in [1.82, 2.24) is 0 Å². The van der Waals surface area contributed by atoms with Gasteiger partial charge in [-0.25, -0.2) is 0 Å². The summed E-state index contributed by atoms with van der Waals surface area (Å²) in [6.07, 6.45) is 0. The number of ether oxygens (including phenoxy) is 1. The predicted molar refractivity (Wildman–Crippen MR) is 70.5 cm³/mol. The maximum atomic E-state index is 11.5. The molecule has 0 spiro atoms. The summed E-state index contributed by atoms with van der Waals surface area (Å²) < 4.78 is 5.20. The minimum atomic E-state index is -0.456. The Morgan fingerprint density at radius 2 is 2.06 bits per heavy atom. The Bertz CT molecular complexity index is 410. The zero-order chi connectivity index (χ0) is 13.1. The van der Waals surface area contributed by atoms with Crippen molar-refractivity contribution < 1.29 is 9.53 Å². The monoisotopic (exact) mass is 255 g/mol. The fourth-order valence-corrected chi connectivity index (χ4v) is 1.50. The van der Waals surface area contributed by atoms with E-state index in [1.54, 1.807) is 6.07 Å². The van der Waals surface area contributed by atoms with Crippen LogP contribution in [0.15, 0.2) is 18.2 Å². The second-order valence-corrected chi connectivity index (χ2v) is 5.34. The molecule has 0 bridgehead atoms. The summed E-state index contributed by atoms with van der Waals surface area (Å²) >= 11 is 5.88. The molecule has 1 aromatic rings. The number of anilines is 1. The summed E-state index contributed by atoms with van der Waals surface area (Å²) in [5.74, 6) is -0.281. The lowest BCUT2D eigenvalue weighted by atomic mass is 10.2. The van der Waals surface area contributed by atoms with E-state index < -0.39 is 5.60 Å². The third kappa shape index (κ3) is 5.09. The molecule has 0 radical (unpaired) electrons. The molecule has 0 saturated carbocycles. The first-order chi connectivity index (χ1) is 7.78. The summed E-state index contributed by atoms with van der Waals surface area (Å²) in [7, 11) is 0. The first kappa shape index (κ1) is 13.8. The highest BCUT2D eigenvalue weighted by Gasteiger charge is 2.15. The average Bonchev–Trinajstić information content (AvgIpc) is 2.17. The molecule has 0 atom stereocenters. The molecule has 0 aliphatic carbocycles. The van der Waals surface area contributed by atoms with Crippen LogP contribution >= 0.6 is 11.6 Å². The number of aryl methyl sites for hydroxylation is 1. The van der Waals surface area contributed by atoms with Gasteiger partial charge in [-0.3, -0.25) is 4.79 Å². The molecule has 94 valence electrons. The first-order valence-electron chi connectivity index (χ1n) is 5.50. The highest BCUT2D eigenvalue weighted by atomic mass is 35.5. The van der Waals surface area contributed by atoms with Gasteiger partial charge in [0.2, 0.25) is 0 Å². The summed E-state index contributed by atoms with van der Waals surface area (Å²) in [4.78, 5) is 11.5. The van der Waals surface area contributed by atoms with Gasteiger partial charge in [-0.1, -0.05) is 17.7 Å². The van der Waals surface area contributed by atoms with E-state index >= 15 is 0 Å². The van der Waals surface area contributed by atoms with Crippen LogP contribution in [0.1, 0.15) is 26.3 Å². The topological polar surface area (TPSA) is 38.3 Å². The van der Waals surface area contributed by atoms with Gasteiger partial charge in [0, 0.05) is 10.7 Å². The van der Waals surface area contributed by atoms with Gasteiger partial charge in [-0.15, -0.1) is 0 Å². The number of halogens is 1. The number of nitrogens with one attached hydrogen (secondary N) is 1. The van der Waals surface area contributed by atoms with E-state index in [0.717, 1.165) is 11.3 Å². The standard InChI is InChI=1S/C13H18ClNO2/c1-9-5-6-10(14)7-11(9)15-8-12(16)17-13(2,3)4/h5-7,15H,8H2,1-4H3. The highest BCUT2D eigenvalue weighted by molar-refractivity contribution is 6.30. The van der Waals surface area contributed by atoms with E-state index in [2.05, 4.69) is 5.32 Å². The van der Waals surface area contributed by atoms with Crippen molar-refractivity contribution in [2.45, 2.75) is 33.3 Å². The van der Waals surface area contributed by atoms with Crippen molar-refractivity contribution in [2.24, 2.45) is 0 Å². The second kappa shape index (κ2) is 5.41. The number of rotatable bonds is 3. The summed E-state index contributed by atoms with van der Waals surface area (Å²) in [6.45, 7) is 7.62. The van der Waals surface area contributed by atoms with E-state index in [1.807, 2.05) is 39.8 Å². The van der Waals surface area contributed by atoms with Gasteiger partial charge in [0.15, 0.2) is 0 Å². The van der Waals surface area contributed by atoms with E-state index in [1.165, 1.54) is 0 Å². The second-order valence-electron chi connectivity index (χ2n) is 4.90. The molecule has 0 heterocycles. The summed E-state index contributed by atoms with van der Waals surface area (Å²) in [5.41, 5.74) is 1.43. The molecular weight excluding hydrogens is 238 g/mol. The number of esters is 1. The zero-order valence-corrected chi connectivity index (χ0v) is 11.4. The molecule has 4 heteroatoms. The lowest BCUT2D eigenvalue weighted by Gasteiger charge is -2.20. The number of hydrogen-bond acceptors (Lipinski definition) is 3. The van der Waals surface area contributed by atoms with Gasteiger partial charge in [0.25, 0.3) is 0 Å². The Morgan fingerprint density at radius 1 is 1.41 bits per heavy atom. The molecule has 0 unspecified atom stereocenters. The minimum absolute atomic E-state index is 0.137. The van der Waals surface area contributed by atoms with Crippen LogP contribution < -0.4 is 5.32 Å². The quantitative estimate of drug-likeness (QED) is 0.842. The van der Waals surface area contributed by atoms with Crippen molar-refractivity contribution in [2.75, 3.05) is 11.9 Å². The fourth-order valence-electron chi connectivity index (χ4n) is 1.33. The van der Waals surface area contributed by atoms with Crippen molar-refractivity contribution in [3.05, 3.63) is 28.8 Å². The number of carbonyl (C=O) groups excluding carboxylic acids is 1. The normalized spacial score (nSPS) is 11.1. The maximum absolute atomic E-state index is 11.5. The van der Waals surface area contributed by atoms with Gasteiger partial charge in [0.05, 0.1) is 0 Å². The van der Waals surface area contributed by atoms with Crippen LogP contribution in [0.5, 0.6) is 0 Å². The SMILES string of the molecule is Cc1ccc(Cl)cc1NCC(=O)OC(C)(C)C. The smallest absolute Gasteiger partial charge is 0.325 e. The average molecular weight is 256 g/mol. The largest absolute Gasteiger partial charge is 0.459 e. The number of carbonyl (C=O) groups is 1. The zero-order valence-electron chi connectivity index (χ0n) is 10.6. The highest BCUT2D eigenvalue weighted by Crippen LogP contribution is 2.20. The van der Waals surface area contributed by atoms with E-state index in [-0.39, 0.29) is 12.5 Å². The van der Waals surface area contributed by atoms with Gasteiger partial charge >= 0.3 is 5.97 Å². The molecule has 1 rings (SSSR count). The van der Waals surface area contributed by atoms with Crippen molar-refractivity contribution in [3.63, 3.8) is 0 Å². The van der Waals surface area contributed by atoms with Gasteiger partial charge in [-0.05, 0) is 45.4 Å². The molecule has 0 aliphatic heterocycles. The van der Waals surface area contributed by atoms with Crippen LogP contribution in [0, 0.1) is 6.92 Å². The van der Waals surface area contributed by atoms with Gasteiger partial charge < -0.3 is 10.1 Å². The maximum Gasteiger partial charge on any atom is 0.325 e. The molecule has 0 aliphatic rings. The van der Waals surface area contributed by atoms with E-state index in [9.17, 15) is 4.79 Å². The molecule has 0 amide bonds. The van der Waals surface area contributed by atoms with Crippen molar-refractivity contribution >= 4 is 23.3 Å². The lowest BCUT2D eigenvalue weighted by molar-refractivity contribution is -0.152. The lowest BCUT2D eigenvalue weighted by Crippen LogP contribution is -2.28. The number of hydrogen-bond donors (Lipinski definition) is 1. The van der Waals surface area contributed by atoms with Gasteiger partial charge in [0.1, 0.15) is 12.1 Å². The minimum Gasteiger partial charge on any atom is -0.459 e. The molecule has 1 aromatic carbocycles. The van der Waals surface area contributed by atoms with E-state index in [0.29, 0.717) is 5.02 Å². The molecule has 0 saturated heterocycles. The molecule has 17 heavy (non-hydrogen) atoms. The summed E-state index contributed by atoms with van der Waals surface area (Å²) in [6, 6.07) is 5.51.